The molecular weight excluding hydrogens is 207 g/mol. The molecule has 0 spiro atoms. The second-order valence-electron chi connectivity index (χ2n) is 3.27. The van der Waals surface area contributed by atoms with Crippen molar-refractivity contribution in [1.29, 1.82) is 0 Å². The van der Waals surface area contributed by atoms with Crippen LogP contribution < -0.4 is 11.3 Å². The van der Waals surface area contributed by atoms with Crippen molar-refractivity contribution < 1.29 is 13.2 Å². The summed E-state index contributed by atoms with van der Waals surface area (Å²) in [6, 6.07) is 0.703. The van der Waals surface area contributed by atoms with Gasteiger partial charge in [-0.2, -0.15) is 13.2 Å². The van der Waals surface area contributed by atoms with Crippen LogP contribution in [-0.4, -0.2) is 11.2 Å². The van der Waals surface area contributed by atoms with Gasteiger partial charge in [0.1, 0.15) is 0 Å². The Hall–Kier alpha value is -1.14. The summed E-state index contributed by atoms with van der Waals surface area (Å²) in [5, 5.41) is 0. The minimum absolute atomic E-state index is 0.470. The Morgan fingerprint density at radius 2 is 2.20 bits per heavy atom. The third-order valence-electron chi connectivity index (χ3n) is 2.09. The highest BCUT2D eigenvalue weighted by Gasteiger charge is 2.32. The summed E-state index contributed by atoms with van der Waals surface area (Å²) in [4.78, 5) is 3.78. The molecule has 1 atom stereocenters. The average molecular weight is 219 g/mol. The van der Waals surface area contributed by atoms with Crippen LogP contribution in [0.25, 0.3) is 0 Å². The van der Waals surface area contributed by atoms with E-state index in [0.717, 1.165) is 5.56 Å². The molecule has 0 aromatic carbocycles. The standard InChI is InChI=1S/C9H12F3N3/c1-6-2-3-14-5-7(6)8(15-13)4-9(10,11)12/h2-3,5,8,15H,4,13H2,1H3. The fourth-order valence-electron chi connectivity index (χ4n) is 1.33. The minimum atomic E-state index is -4.25. The van der Waals surface area contributed by atoms with Gasteiger partial charge in [0.15, 0.2) is 0 Å². The van der Waals surface area contributed by atoms with Crippen LogP contribution in [0.2, 0.25) is 0 Å². The maximum absolute atomic E-state index is 12.2. The van der Waals surface area contributed by atoms with E-state index in [2.05, 4.69) is 10.4 Å². The summed E-state index contributed by atoms with van der Waals surface area (Å²) in [5.74, 6) is 5.10. The zero-order valence-electron chi connectivity index (χ0n) is 8.17. The quantitative estimate of drug-likeness (QED) is 0.602. The van der Waals surface area contributed by atoms with Crippen LogP contribution in [0.1, 0.15) is 23.6 Å². The molecule has 84 valence electrons. The SMILES string of the molecule is Cc1ccncc1C(CC(F)(F)F)NN. The summed E-state index contributed by atoms with van der Waals surface area (Å²) in [6.45, 7) is 1.72. The maximum Gasteiger partial charge on any atom is 0.390 e. The van der Waals surface area contributed by atoms with Crippen molar-refractivity contribution in [2.24, 2.45) is 5.84 Å². The van der Waals surface area contributed by atoms with Crippen molar-refractivity contribution in [3.05, 3.63) is 29.6 Å². The maximum atomic E-state index is 12.2. The average Bonchev–Trinajstić information content (AvgIpc) is 2.14. The van der Waals surface area contributed by atoms with Gasteiger partial charge in [-0.3, -0.25) is 16.3 Å². The number of nitrogens with two attached hydrogens (primary N) is 1. The van der Waals surface area contributed by atoms with Crippen LogP contribution >= 0.6 is 0 Å². The number of alkyl halides is 3. The number of aromatic nitrogens is 1. The van der Waals surface area contributed by atoms with Gasteiger partial charge < -0.3 is 0 Å². The zero-order valence-corrected chi connectivity index (χ0v) is 8.17. The molecule has 0 bridgehead atoms. The van der Waals surface area contributed by atoms with E-state index in [9.17, 15) is 13.2 Å². The van der Waals surface area contributed by atoms with Crippen LogP contribution in [0.5, 0.6) is 0 Å². The third-order valence-corrected chi connectivity index (χ3v) is 2.09. The van der Waals surface area contributed by atoms with E-state index in [0.29, 0.717) is 5.56 Å². The highest BCUT2D eigenvalue weighted by Crippen LogP contribution is 2.29. The molecule has 1 rings (SSSR count). The predicted molar refractivity (Wildman–Crippen MR) is 49.7 cm³/mol. The Morgan fingerprint density at radius 3 is 2.67 bits per heavy atom. The molecule has 3 N–H and O–H groups in total. The van der Waals surface area contributed by atoms with Crippen LogP contribution in [0.4, 0.5) is 13.2 Å². The molecule has 0 aliphatic heterocycles. The number of aryl methyl sites for hydroxylation is 1. The Labute approximate surface area is 85.5 Å². The van der Waals surface area contributed by atoms with Gasteiger partial charge in [0.25, 0.3) is 0 Å². The molecule has 0 radical (unpaired) electrons. The molecule has 0 amide bonds. The van der Waals surface area contributed by atoms with Crippen molar-refractivity contribution >= 4 is 0 Å². The molecule has 0 saturated carbocycles. The number of halogens is 3. The highest BCUT2D eigenvalue weighted by atomic mass is 19.4. The normalized spacial score (nSPS) is 13.9. The second kappa shape index (κ2) is 4.59. The molecule has 3 nitrogen and oxygen atoms in total. The number of pyridine rings is 1. The first-order valence-electron chi connectivity index (χ1n) is 4.37. The first-order chi connectivity index (χ1) is 6.94. The molecule has 0 fully saturated rings. The molecule has 0 saturated heterocycles. The largest absolute Gasteiger partial charge is 0.390 e. The van der Waals surface area contributed by atoms with Crippen molar-refractivity contribution in [3.63, 3.8) is 0 Å². The van der Waals surface area contributed by atoms with E-state index >= 15 is 0 Å². The fraction of sp³-hybridized carbons (Fsp3) is 0.444. The monoisotopic (exact) mass is 219 g/mol. The van der Waals surface area contributed by atoms with Gasteiger partial charge in [0.2, 0.25) is 0 Å². The minimum Gasteiger partial charge on any atom is -0.271 e. The topological polar surface area (TPSA) is 50.9 Å². The lowest BCUT2D eigenvalue weighted by Gasteiger charge is -2.19. The molecule has 0 aliphatic rings. The molecular formula is C9H12F3N3. The summed E-state index contributed by atoms with van der Waals surface area (Å²) in [5.41, 5.74) is 3.36. The number of rotatable bonds is 3. The van der Waals surface area contributed by atoms with Crippen LogP contribution in [0, 0.1) is 6.92 Å². The first-order valence-corrected chi connectivity index (χ1v) is 4.37. The molecule has 0 aliphatic carbocycles. The molecule has 1 heterocycles. The molecule has 1 unspecified atom stereocenters. The number of hydrazine groups is 1. The molecule has 1 aromatic rings. The van der Waals surface area contributed by atoms with Crippen molar-refractivity contribution in [2.45, 2.75) is 25.6 Å². The second-order valence-corrected chi connectivity index (χ2v) is 3.27. The summed E-state index contributed by atoms with van der Waals surface area (Å²) in [6.07, 6.45) is -2.33. The lowest BCUT2D eigenvalue weighted by atomic mass is 10.0. The van der Waals surface area contributed by atoms with Gasteiger partial charge in [-0.05, 0) is 24.1 Å². The van der Waals surface area contributed by atoms with E-state index in [4.69, 9.17) is 5.84 Å². The number of nitrogens with one attached hydrogen (secondary N) is 1. The van der Waals surface area contributed by atoms with Gasteiger partial charge in [-0.15, -0.1) is 0 Å². The van der Waals surface area contributed by atoms with Gasteiger partial charge >= 0.3 is 6.18 Å². The van der Waals surface area contributed by atoms with E-state index in [1.165, 1.54) is 12.4 Å². The van der Waals surface area contributed by atoms with E-state index < -0.39 is 18.6 Å². The Balaban J connectivity index is 2.88. The third kappa shape index (κ3) is 3.49. The van der Waals surface area contributed by atoms with Crippen LogP contribution in [0.15, 0.2) is 18.5 Å². The molecule has 15 heavy (non-hydrogen) atoms. The van der Waals surface area contributed by atoms with Crippen LogP contribution in [0.3, 0.4) is 0 Å². The Kier molecular flexibility index (Phi) is 3.65. The van der Waals surface area contributed by atoms with E-state index in [1.54, 1.807) is 13.0 Å². The fourth-order valence-corrected chi connectivity index (χ4v) is 1.33. The highest BCUT2D eigenvalue weighted by molar-refractivity contribution is 5.25. The lowest BCUT2D eigenvalue weighted by Crippen LogP contribution is -2.32. The number of hydrogen-bond donors (Lipinski definition) is 2. The smallest absolute Gasteiger partial charge is 0.271 e. The summed E-state index contributed by atoms with van der Waals surface area (Å²) < 4.78 is 36.6. The van der Waals surface area contributed by atoms with Crippen molar-refractivity contribution in [2.75, 3.05) is 0 Å². The van der Waals surface area contributed by atoms with Gasteiger partial charge in [-0.25, -0.2) is 0 Å². The lowest BCUT2D eigenvalue weighted by molar-refractivity contribution is -0.140. The van der Waals surface area contributed by atoms with E-state index in [1.807, 2.05) is 0 Å². The summed E-state index contributed by atoms with van der Waals surface area (Å²) in [7, 11) is 0. The van der Waals surface area contributed by atoms with Gasteiger partial charge in [0, 0.05) is 12.4 Å². The Bertz CT molecular complexity index is 325. The number of nitrogens with zero attached hydrogens (tertiary/aromatic N) is 1. The Morgan fingerprint density at radius 1 is 1.53 bits per heavy atom. The molecule has 1 aromatic heterocycles. The zero-order chi connectivity index (χ0) is 11.5. The molecule has 6 heteroatoms. The van der Waals surface area contributed by atoms with Gasteiger partial charge in [-0.1, -0.05) is 0 Å². The summed E-state index contributed by atoms with van der Waals surface area (Å²) >= 11 is 0. The van der Waals surface area contributed by atoms with Crippen LogP contribution in [-0.2, 0) is 0 Å². The van der Waals surface area contributed by atoms with E-state index in [-0.39, 0.29) is 0 Å². The number of hydrogen-bond acceptors (Lipinski definition) is 3. The van der Waals surface area contributed by atoms with Gasteiger partial charge in [0.05, 0.1) is 12.5 Å². The first kappa shape index (κ1) is 11.9. The predicted octanol–water partition coefficient (Wildman–Crippen LogP) is 1.85. The van der Waals surface area contributed by atoms with Crippen molar-refractivity contribution in [1.82, 2.24) is 10.4 Å². The van der Waals surface area contributed by atoms with Crippen molar-refractivity contribution in [3.8, 4) is 0 Å².